The molecule has 3 heteroatoms. The smallest absolute Gasteiger partial charge is 0.250 e. The van der Waals surface area contributed by atoms with Gasteiger partial charge in [-0.25, -0.2) is 0 Å². The van der Waals surface area contributed by atoms with E-state index in [9.17, 15) is 4.79 Å². The average molecular weight is 289 g/mol. The molecule has 1 unspecified atom stereocenters. The fraction of sp³-hybridized carbons (Fsp3) is 0.500. The number of hydrogen-bond acceptors (Lipinski definition) is 2. The van der Waals surface area contributed by atoms with E-state index < -0.39 is 0 Å². The second kappa shape index (κ2) is 8.50. The van der Waals surface area contributed by atoms with Crippen LogP contribution >= 0.6 is 0 Å². The number of ether oxygens (including phenoxy) is 1. The highest BCUT2D eigenvalue weighted by molar-refractivity contribution is 6.02. The Balaban J connectivity index is 2.70. The minimum absolute atomic E-state index is 0.150. The van der Waals surface area contributed by atoms with Gasteiger partial charge in [-0.15, -0.1) is 0 Å². The van der Waals surface area contributed by atoms with E-state index in [1.54, 1.807) is 6.92 Å². The highest BCUT2D eigenvalue weighted by atomic mass is 16.5. The van der Waals surface area contributed by atoms with Gasteiger partial charge in [0.25, 0.3) is 5.91 Å². The van der Waals surface area contributed by atoms with Crippen LogP contribution in [0.25, 0.3) is 0 Å². The van der Waals surface area contributed by atoms with E-state index in [0.717, 1.165) is 36.4 Å². The van der Waals surface area contributed by atoms with Crippen LogP contribution in [0.1, 0.15) is 46.1 Å². The van der Waals surface area contributed by atoms with E-state index in [4.69, 9.17) is 4.74 Å². The van der Waals surface area contributed by atoms with Gasteiger partial charge in [0.2, 0.25) is 0 Å². The van der Waals surface area contributed by atoms with Gasteiger partial charge < -0.3 is 10.1 Å². The SMILES string of the molecule is C=C(C)C(=O)Nc1ccc(OCCC(C)CC)c(CC)c1. The summed E-state index contributed by atoms with van der Waals surface area (Å²) in [4.78, 5) is 11.6. The summed E-state index contributed by atoms with van der Waals surface area (Å²) in [7, 11) is 0. The highest BCUT2D eigenvalue weighted by Gasteiger charge is 2.08. The maximum Gasteiger partial charge on any atom is 0.250 e. The fourth-order valence-corrected chi connectivity index (χ4v) is 1.89. The van der Waals surface area contributed by atoms with Gasteiger partial charge in [0, 0.05) is 11.3 Å². The van der Waals surface area contributed by atoms with Crippen molar-refractivity contribution in [3.05, 3.63) is 35.9 Å². The molecule has 0 saturated heterocycles. The minimum atomic E-state index is -0.150. The first kappa shape index (κ1) is 17.3. The van der Waals surface area contributed by atoms with Gasteiger partial charge in [-0.05, 0) is 49.4 Å². The summed E-state index contributed by atoms with van der Waals surface area (Å²) < 4.78 is 5.88. The zero-order chi connectivity index (χ0) is 15.8. The van der Waals surface area contributed by atoms with E-state index in [1.165, 1.54) is 6.42 Å². The molecule has 3 nitrogen and oxygen atoms in total. The van der Waals surface area contributed by atoms with Crippen LogP contribution in [-0.2, 0) is 11.2 Å². The van der Waals surface area contributed by atoms with Crippen molar-refractivity contribution in [2.75, 3.05) is 11.9 Å². The Morgan fingerprint density at radius 3 is 2.67 bits per heavy atom. The first-order chi connectivity index (χ1) is 9.97. The molecule has 0 heterocycles. The van der Waals surface area contributed by atoms with E-state index in [0.29, 0.717) is 11.5 Å². The van der Waals surface area contributed by atoms with Gasteiger partial charge in [0.05, 0.1) is 6.61 Å². The van der Waals surface area contributed by atoms with Crippen LogP contribution in [0.4, 0.5) is 5.69 Å². The number of benzene rings is 1. The summed E-state index contributed by atoms with van der Waals surface area (Å²) in [6, 6.07) is 5.78. The van der Waals surface area contributed by atoms with Crippen LogP contribution in [0.5, 0.6) is 5.75 Å². The standard InChI is InChI=1S/C18H27NO2/c1-6-14(5)10-11-21-17-9-8-16(12-15(17)7-2)19-18(20)13(3)4/h8-9,12,14H,3,6-7,10-11H2,1-2,4-5H3,(H,19,20). The Kier molecular flexibility index (Phi) is 7.00. The third-order valence-electron chi connectivity index (χ3n) is 3.65. The summed E-state index contributed by atoms with van der Waals surface area (Å²) in [5.41, 5.74) is 2.40. The monoisotopic (exact) mass is 289 g/mol. The molecule has 0 bridgehead atoms. The predicted octanol–water partition coefficient (Wildman–Crippen LogP) is 4.58. The molecule has 0 aliphatic heterocycles. The molecular formula is C18H27NO2. The zero-order valence-corrected chi connectivity index (χ0v) is 13.7. The zero-order valence-electron chi connectivity index (χ0n) is 13.7. The van der Waals surface area contributed by atoms with Crippen molar-refractivity contribution in [3.63, 3.8) is 0 Å². The van der Waals surface area contributed by atoms with E-state index >= 15 is 0 Å². The molecule has 116 valence electrons. The molecule has 0 aliphatic carbocycles. The summed E-state index contributed by atoms with van der Waals surface area (Å²) >= 11 is 0. The lowest BCUT2D eigenvalue weighted by Gasteiger charge is -2.14. The summed E-state index contributed by atoms with van der Waals surface area (Å²) in [5, 5.41) is 2.83. The van der Waals surface area contributed by atoms with Crippen molar-refractivity contribution in [2.24, 2.45) is 5.92 Å². The lowest BCUT2D eigenvalue weighted by Crippen LogP contribution is -2.12. The molecule has 1 N–H and O–H groups in total. The van der Waals surface area contributed by atoms with Crippen molar-refractivity contribution in [3.8, 4) is 5.75 Å². The van der Waals surface area contributed by atoms with Gasteiger partial charge in [-0.3, -0.25) is 4.79 Å². The van der Waals surface area contributed by atoms with E-state index in [1.807, 2.05) is 18.2 Å². The molecular weight excluding hydrogens is 262 g/mol. The van der Waals surface area contributed by atoms with E-state index in [2.05, 4.69) is 32.7 Å². The normalized spacial score (nSPS) is 11.8. The Bertz CT molecular complexity index is 494. The Hall–Kier alpha value is -1.77. The largest absolute Gasteiger partial charge is 0.493 e. The van der Waals surface area contributed by atoms with Crippen LogP contribution in [0.2, 0.25) is 0 Å². The van der Waals surface area contributed by atoms with Crippen molar-refractivity contribution >= 4 is 11.6 Å². The second-order valence-corrected chi connectivity index (χ2v) is 5.56. The Morgan fingerprint density at radius 2 is 2.10 bits per heavy atom. The number of hydrogen-bond donors (Lipinski definition) is 1. The second-order valence-electron chi connectivity index (χ2n) is 5.56. The van der Waals surface area contributed by atoms with Gasteiger partial charge in [-0.2, -0.15) is 0 Å². The van der Waals surface area contributed by atoms with Crippen LogP contribution in [0, 0.1) is 5.92 Å². The quantitative estimate of drug-likeness (QED) is 0.711. The van der Waals surface area contributed by atoms with Crippen LogP contribution in [-0.4, -0.2) is 12.5 Å². The van der Waals surface area contributed by atoms with Gasteiger partial charge >= 0.3 is 0 Å². The number of carbonyl (C=O) groups is 1. The topological polar surface area (TPSA) is 38.3 Å². The van der Waals surface area contributed by atoms with Crippen LogP contribution in [0.3, 0.4) is 0 Å². The summed E-state index contributed by atoms with van der Waals surface area (Å²) in [6.45, 7) is 12.6. The molecule has 1 atom stereocenters. The lowest BCUT2D eigenvalue weighted by atomic mass is 10.1. The summed E-state index contributed by atoms with van der Waals surface area (Å²) in [5.74, 6) is 1.45. The first-order valence-electron chi connectivity index (χ1n) is 7.70. The van der Waals surface area contributed by atoms with Crippen LogP contribution < -0.4 is 10.1 Å². The molecule has 0 aliphatic rings. The highest BCUT2D eigenvalue weighted by Crippen LogP contribution is 2.24. The number of nitrogens with one attached hydrogen (secondary N) is 1. The lowest BCUT2D eigenvalue weighted by molar-refractivity contribution is -0.112. The molecule has 1 aromatic rings. The molecule has 0 aromatic heterocycles. The van der Waals surface area contributed by atoms with Crippen molar-refractivity contribution < 1.29 is 9.53 Å². The Morgan fingerprint density at radius 1 is 1.38 bits per heavy atom. The molecule has 1 rings (SSSR count). The third kappa shape index (κ3) is 5.62. The minimum Gasteiger partial charge on any atom is -0.493 e. The van der Waals surface area contributed by atoms with Gasteiger partial charge in [-0.1, -0.05) is 33.8 Å². The molecule has 21 heavy (non-hydrogen) atoms. The predicted molar refractivity (Wildman–Crippen MR) is 88.8 cm³/mol. The van der Waals surface area contributed by atoms with Crippen LogP contribution in [0.15, 0.2) is 30.4 Å². The average Bonchev–Trinajstić information content (AvgIpc) is 2.47. The maximum atomic E-state index is 11.6. The number of carbonyl (C=O) groups excluding carboxylic acids is 1. The molecule has 0 radical (unpaired) electrons. The number of rotatable bonds is 8. The van der Waals surface area contributed by atoms with Gasteiger partial charge in [0.1, 0.15) is 5.75 Å². The molecule has 0 saturated carbocycles. The van der Waals surface area contributed by atoms with Crippen molar-refractivity contribution in [1.82, 2.24) is 0 Å². The number of aryl methyl sites for hydroxylation is 1. The first-order valence-corrected chi connectivity index (χ1v) is 7.70. The number of amides is 1. The number of anilines is 1. The van der Waals surface area contributed by atoms with E-state index in [-0.39, 0.29) is 5.91 Å². The Labute approximate surface area is 128 Å². The maximum absolute atomic E-state index is 11.6. The molecule has 0 fully saturated rings. The van der Waals surface area contributed by atoms with Crippen molar-refractivity contribution in [2.45, 2.75) is 47.0 Å². The molecule has 1 aromatic carbocycles. The molecule has 0 spiro atoms. The summed E-state index contributed by atoms with van der Waals surface area (Å²) in [6.07, 6.45) is 3.11. The van der Waals surface area contributed by atoms with Gasteiger partial charge in [0.15, 0.2) is 0 Å². The third-order valence-corrected chi connectivity index (χ3v) is 3.65. The van der Waals surface area contributed by atoms with Crippen molar-refractivity contribution in [1.29, 1.82) is 0 Å². The fourth-order valence-electron chi connectivity index (χ4n) is 1.89. The molecule has 1 amide bonds.